The minimum atomic E-state index is -0.190. The molecule has 6 nitrogen and oxygen atoms in total. The molecule has 0 radical (unpaired) electrons. The maximum atomic E-state index is 11.5. The molecule has 1 aromatic heterocycles. The average Bonchev–Trinajstić information content (AvgIpc) is 2.99. The van der Waals surface area contributed by atoms with E-state index in [1.54, 1.807) is 13.1 Å². The lowest BCUT2D eigenvalue weighted by molar-refractivity contribution is 0.0957. The lowest BCUT2D eigenvalue weighted by Gasteiger charge is -2.31. The van der Waals surface area contributed by atoms with Crippen LogP contribution in [0.3, 0.4) is 0 Å². The second-order valence-corrected chi connectivity index (χ2v) is 6.19. The van der Waals surface area contributed by atoms with Crippen molar-refractivity contribution in [1.29, 1.82) is 0 Å². The smallest absolute Gasteiger partial charge is 0.271 e. The molecule has 0 saturated carbocycles. The number of amides is 1. The summed E-state index contributed by atoms with van der Waals surface area (Å²) >= 11 is 0. The summed E-state index contributed by atoms with van der Waals surface area (Å²) in [6.45, 7) is 4.52. The minimum Gasteiger partial charge on any atom is -0.354 e. The Balaban J connectivity index is 1.70. The molecule has 1 unspecified atom stereocenters. The number of carbonyl (C=O) groups is 1. The van der Waals surface area contributed by atoms with Crippen molar-refractivity contribution in [1.82, 2.24) is 20.4 Å². The largest absolute Gasteiger partial charge is 0.354 e. The first-order valence-electron chi connectivity index (χ1n) is 8.33. The second-order valence-electron chi connectivity index (χ2n) is 6.19. The number of rotatable bonds is 3. The van der Waals surface area contributed by atoms with Crippen LogP contribution in [0.4, 0.5) is 5.82 Å². The summed E-state index contributed by atoms with van der Waals surface area (Å²) in [5, 5.41) is 10.9. The molecule has 6 heteroatoms. The van der Waals surface area contributed by atoms with Crippen LogP contribution in [0.5, 0.6) is 0 Å². The summed E-state index contributed by atoms with van der Waals surface area (Å²) in [4.78, 5) is 16.5. The zero-order valence-corrected chi connectivity index (χ0v) is 13.3. The third kappa shape index (κ3) is 3.38. The third-order valence-electron chi connectivity index (χ3n) is 4.74. The van der Waals surface area contributed by atoms with E-state index in [0.717, 1.165) is 18.9 Å². The Bertz CT molecular complexity index is 498. The predicted octanol–water partition coefficient (Wildman–Crippen LogP) is 1.29. The fourth-order valence-electron chi connectivity index (χ4n) is 3.48. The Morgan fingerprint density at radius 1 is 1.14 bits per heavy atom. The van der Waals surface area contributed by atoms with E-state index < -0.39 is 0 Å². The van der Waals surface area contributed by atoms with Crippen molar-refractivity contribution in [3.63, 3.8) is 0 Å². The van der Waals surface area contributed by atoms with E-state index in [-0.39, 0.29) is 5.91 Å². The zero-order valence-electron chi connectivity index (χ0n) is 13.3. The molecule has 2 fully saturated rings. The molecular formula is C16H25N5O. The predicted molar refractivity (Wildman–Crippen MR) is 86.1 cm³/mol. The Hall–Kier alpha value is -1.69. The number of likely N-dealkylation sites (tertiary alicyclic amines) is 1. The van der Waals surface area contributed by atoms with Gasteiger partial charge in [-0.1, -0.05) is 6.42 Å². The van der Waals surface area contributed by atoms with Gasteiger partial charge in [0, 0.05) is 26.2 Å². The molecule has 2 aliphatic rings. The first-order chi connectivity index (χ1) is 10.8. The Labute approximate surface area is 131 Å². The lowest BCUT2D eigenvalue weighted by Crippen LogP contribution is -2.42. The van der Waals surface area contributed by atoms with Crippen LogP contribution < -0.4 is 10.2 Å². The Morgan fingerprint density at radius 2 is 1.91 bits per heavy atom. The van der Waals surface area contributed by atoms with Crippen LogP contribution in [0.2, 0.25) is 0 Å². The van der Waals surface area contributed by atoms with E-state index in [1.807, 2.05) is 6.07 Å². The summed E-state index contributed by atoms with van der Waals surface area (Å²) < 4.78 is 0. The highest BCUT2D eigenvalue weighted by atomic mass is 16.1. The molecule has 3 rings (SSSR count). The van der Waals surface area contributed by atoms with Gasteiger partial charge in [-0.3, -0.25) is 9.69 Å². The van der Waals surface area contributed by atoms with E-state index in [0.29, 0.717) is 11.7 Å². The van der Waals surface area contributed by atoms with Gasteiger partial charge in [0.2, 0.25) is 0 Å². The van der Waals surface area contributed by atoms with Gasteiger partial charge in [0.05, 0.1) is 0 Å². The molecular weight excluding hydrogens is 278 g/mol. The Morgan fingerprint density at radius 3 is 2.59 bits per heavy atom. The van der Waals surface area contributed by atoms with Crippen LogP contribution in [0.15, 0.2) is 12.1 Å². The number of nitrogens with one attached hydrogen (secondary N) is 1. The van der Waals surface area contributed by atoms with E-state index >= 15 is 0 Å². The molecule has 1 atom stereocenters. The number of hydrogen-bond donors (Lipinski definition) is 1. The summed E-state index contributed by atoms with van der Waals surface area (Å²) in [6, 6.07) is 4.31. The molecule has 2 saturated heterocycles. The van der Waals surface area contributed by atoms with Crippen LogP contribution in [0.25, 0.3) is 0 Å². The van der Waals surface area contributed by atoms with Crippen LogP contribution in [-0.4, -0.2) is 60.3 Å². The fraction of sp³-hybridized carbons (Fsp3) is 0.688. The van der Waals surface area contributed by atoms with Crippen molar-refractivity contribution in [3.05, 3.63) is 17.8 Å². The standard InChI is InChI=1S/C16H25N5O/c1-17-16(22)14-7-8-15(19-18-14)21-11-3-2-6-13(12-21)20-9-4-5-10-20/h7-8,13H,2-6,9-12H2,1H3,(H,17,22). The number of carbonyl (C=O) groups excluding carboxylic acids is 1. The molecule has 0 aromatic carbocycles. The molecule has 3 heterocycles. The average molecular weight is 303 g/mol. The van der Waals surface area contributed by atoms with Gasteiger partial charge in [0.15, 0.2) is 11.5 Å². The van der Waals surface area contributed by atoms with E-state index in [9.17, 15) is 4.79 Å². The molecule has 120 valence electrons. The van der Waals surface area contributed by atoms with E-state index in [2.05, 4.69) is 25.3 Å². The molecule has 2 aliphatic heterocycles. The first kappa shape index (κ1) is 15.2. The molecule has 1 N–H and O–H groups in total. The van der Waals surface area contributed by atoms with Gasteiger partial charge in [0.1, 0.15) is 0 Å². The third-order valence-corrected chi connectivity index (χ3v) is 4.74. The van der Waals surface area contributed by atoms with Gasteiger partial charge in [-0.15, -0.1) is 10.2 Å². The van der Waals surface area contributed by atoms with Gasteiger partial charge in [-0.25, -0.2) is 0 Å². The van der Waals surface area contributed by atoms with Gasteiger partial charge in [-0.2, -0.15) is 0 Å². The van der Waals surface area contributed by atoms with E-state index in [4.69, 9.17) is 0 Å². The highest BCUT2D eigenvalue weighted by Crippen LogP contribution is 2.23. The van der Waals surface area contributed by atoms with Crippen LogP contribution >= 0.6 is 0 Å². The van der Waals surface area contributed by atoms with Crippen molar-refractivity contribution in [2.75, 3.05) is 38.1 Å². The van der Waals surface area contributed by atoms with E-state index in [1.165, 1.54) is 45.2 Å². The second kappa shape index (κ2) is 7.05. The van der Waals surface area contributed by atoms with Crippen LogP contribution in [0, 0.1) is 0 Å². The molecule has 0 aliphatic carbocycles. The molecule has 1 aromatic rings. The zero-order chi connectivity index (χ0) is 15.4. The fourth-order valence-corrected chi connectivity index (χ4v) is 3.48. The van der Waals surface area contributed by atoms with Crippen molar-refractivity contribution in [3.8, 4) is 0 Å². The lowest BCUT2D eigenvalue weighted by atomic mass is 10.1. The summed E-state index contributed by atoms with van der Waals surface area (Å²) in [6.07, 6.45) is 6.42. The van der Waals surface area contributed by atoms with Crippen LogP contribution in [0.1, 0.15) is 42.6 Å². The highest BCUT2D eigenvalue weighted by Gasteiger charge is 2.26. The quantitative estimate of drug-likeness (QED) is 0.912. The minimum absolute atomic E-state index is 0.190. The number of anilines is 1. The maximum Gasteiger partial charge on any atom is 0.271 e. The summed E-state index contributed by atoms with van der Waals surface area (Å²) in [5.41, 5.74) is 0.372. The van der Waals surface area contributed by atoms with Gasteiger partial charge in [0.25, 0.3) is 5.91 Å². The number of hydrogen-bond acceptors (Lipinski definition) is 5. The topological polar surface area (TPSA) is 61.4 Å². The molecule has 0 spiro atoms. The van der Waals surface area contributed by atoms with Crippen molar-refractivity contribution in [2.24, 2.45) is 0 Å². The monoisotopic (exact) mass is 303 g/mol. The molecule has 0 bridgehead atoms. The SMILES string of the molecule is CNC(=O)c1ccc(N2CCCCC(N3CCCC3)C2)nn1. The maximum absolute atomic E-state index is 11.5. The summed E-state index contributed by atoms with van der Waals surface area (Å²) in [7, 11) is 1.60. The van der Waals surface area contributed by atoms with Crippen molar-refractivity contribution >= 4 is 11.7 Å². The van der Waals surface area contributed by atoms with Crippen molar-refractivity contribution < 1.29 is 4.79 Å². The number of aromatic nitrogens is 2. The van der Waals surface area contributed by atoms with Gasteiger partial charge in [-0.05, 0) is 50.9 Å². The Kier molecular flexibility index (Phi) is 4.87. The van der Waals surface area contributed by atoms with Crippen LogP contribution in [-0.2, 0) is 0 Å². The van der Waals surface area contributed by atoms with Gasteiger partial charge >= 0.3 is 0 Å². The number of nitrogens with zero attached hydrogens (tertiary/aromatic N) is 4. The normalized spacial score (nSPS) is 23.3. The molecule has 22 heavy (non-hydrogen) atoms. The highest BCUT2D eigenvalue weighted by molar-refractivity contribution is 5.91. The first-order valence-corrected chi connectivity index (χ1v) is 8.33. The van der Waals surface area contributed by atoms with Gasteiger partial charge < -0.3 is 10.2 Å². The molecule has 1 amide bonds. The van der Waals surface area contributed by atoms with Crippen molar-refractivity contribution in [2.45, 2.75) is 38.1 Å². The summed E-state index contributed by atoms with van der Waals surface area (Å²) in [5.74, 6) is 0.698.